The minimum atomic E-state index is -1.36. The Labute approximate surface area is 189 Å². The molecular weight excluding hydrogens is 424 g/mol. The third kappa shape index (κ3) is 4.51. The molecule has 0 spiro atoms. The molecule has 0 bridgehead atoms. The molecule has 1 aliphatic rings. The van der Waals surface area contributed by atoms with Gasteiger partial charge < -0.3 is 10.1 Å². The maximum absolute atomic E-state index is 13.1. The van der Waals surface area contributed by atoms with E-state index in [1.54, 1.807) is 54.6 Å². The van der Waals surface area contributed by atoms with Gasteiger partial charge >= 0.3 is 5.97 Å². The molecular formula is C25H20N2O6. The SMILES string of the molecule is COC(=O)C1C(=O)N(OCc2ccccc2)C(=O)c2cc(NC(=O)c3ccccc3)ccc21. The largest absolute Gasteiger partial charge is 0.468 e. The Balaban J connectivity index is 1.64. The van der Waals surface area contributed by atoms with E-state index in [0.29, 0.717) is 16.3 Å². The first-order valence-electron chi connectivity index (χ1n) is 10.1. The average Bonchev–Trinajstić information content (AvgIpc) is 2.85. The number of methoxy groups -OCH3 is 1. The highest BCUT2D eigenvalue weighted by Crippen LogP contribution is 2.33. The summed E-state index contributed by atoms with van der Waals surface area (Å²) in [6.45, 7) is -0.0496. The first-order valence-corrected chi connectivity index (χ1v) is 10.1. The standard InChI is InChI=1S/C25H20N2O6/c1-32-25(31)21-19-13-12-18(26-22(28)17-10-6-3-7-11-17)14-20(19)23(29)27(24(21)30)33-15-16-8-4-2-5-9-16/h2-14,21H,15H2,1H3,(H,26,28). The van der Waals surface area contributed by atoms with E-state index in [9.17, 15) is 19.2 Å². The number of rotatable bonds is 6. The number of anilines is 1. The summed E-state index contributed by atoms with van der Waals surface area (Å²) in [5.74, 6) is -4.12. The van der Waals surface area contributed by atoms with Crippen LogP contribution in [0.5, 0.6) is 0 Å². The number of imide groups is 1. The van der Waals surface area contributed by atoms with Crippen LogP contribution >= 0.6 is 0 Å². The quantitative estimate of drug-likeness (QED) is 0.356. The van der Waals surface area contributed by atoms with E-state index >= 15 is 0 Å². The molecule has 1 heterocycles. The number of benzene rings is 3. The van der Waals surface area contributed by atoms with E-state index < -0.39 is 23.7 Å². The third-order valence-corrected chi connectivity index (χ3v) is 5.16. The summed E-state index contributed by atoms with van der Waals surface area (Å²) in [7, 11) is 1.16. The molecule has 33 heavy (non-hydrogen) atoms. The minimum absolute atomic E-state index is 0.0496. The van der Waals surface area contributed by atoms with Gasteiger partial charge in [0.1, 0.15) is 6.61 Å². The number of hydroxylamine groups is 2. The van der Waals surface area contributed by atoms with Crippen LogP contribution in [-0.2, 0) is 25.8 Å². The third-order valence-electron chi connectivity index (χ3n) is 5.16. The van der Waals surface area contributed by atoms with Crippen LogP contribution in [0, 0.1) is 0 Å². The van der Waals surface area contributed by atoms with Crippen molar-refractivity contribution in [3.63, 3.8) is 0 Å². The predicted octanol–water partition coefficient (Wildman–Crippen LogP) is 3.31. The number of carbonyl (C=O) groups is 4. The Morgan fingerprint density at radius 2 is 1.61 bits per heavy atom. The lowest BCUT2D eigenvalue weighted by molar-refractivity contribution is -0.179. The molecule has 1 N–H and O–H groups in total. The fraction of sp³-hybridized carbons (Fsp3) is 0.120. The lowest BCUT2D eigenvalue weighted by Crippen LogP contribution is -2.47. The molecule has 0 saturated heterocycles. The number of amides is 3. The molecule has 3 amide bonds. The van der Waals surface area contributed by atoms with Gasteiger partial charge in [-0.3, -0.25) is 24.0 Å². The number of hydrogen-bond acceptors (Lipinski definition) is 6. The van der Waals surface area contributed by atoms with Crippen LogP contribution in [0.4, 0.5) is 5.69 Å². The van der Waals surface area contributed by atoms with Gasteiger partial charge in [-0.2, -0.15) is 0 Å². The summed E-state index contributed by atoms with van der Waals surface area (Å²) < 4.78 is 4.79. The van der Waals surface area contributed by atoms with E-state index in [2.05, 4.69) is 5.32 Å². The van der Waals surface area contributed by atoms with Crippen molar-refractivity contribution < 1.29 is 28.8 Å². The van der Waals surface area contributed by atoms with Crippen molar-refractivity contribution >= 4 is 29.4 Å². The number of esters is 1. The van der Waals surface area contributed by atoms with Crippen LogP contribution in [-0.4, -0.2) is 35.9 Å². The number of hydrogen-bond donors (Lipinski definition) is 1. The van der Waals surface area contributed by atoms with Crippen molar-refractivity contribution in [3.8, 4) is 0 Å². The normalized spacial score (nSPS) is 15.1. The molecule has 1 atom stereocenters. The van der Waals surface area contributed by atoms with Crippen molar-refractivity contribution in [1.82, 2.24) is 5.06 Å². The number of nitrogens with one attached hydrogen (secondary N) is 1. The summed E-state index contributed by atoms with van der Waals surface area (Å²) in [5.41, 5.74) is 1.76. The van der Waals surface area contributed by atoms with Crippen LogP contribution < -0.4 is 5.32 Å². The Bertz CT molecular complexity index is 1210. The predicted molar refractivity (Wildman–Crippen MR) is 118 cm³/mol. The Morgan fingerprint density at radius 1 is 0.939 bits per heavy atom. The highest BCUT2D eigenvalue weighted by Gasteiger charge is 2.44. The zero-order valence-electron chi connectivity index (χ0n) is 17.7. The molecule has 1 unspecified atom stereocenters. The van der Waals surface area contributed by atoms with Gasteiger partial charge in [-0.25, -0.2) is 0 Å². The Hall–Kier alpha value is -4.30. The first kappa shape index (κ1) is 21.9. The molecule has 8 nitrogen and oxygen atoms in total. The van der Waals surface area contributed by atoms with Gasteiger partial charge in [0, 0.05) is 16.8 Å². The van der Waals surface area contributed by atoms with Crippen molar-refractivity contribution in [2.45, 2.75) is 12.5 Å². The molecule has 3 aromatic rings. The second-order valence-electron chi connectivity index (χ2n) is 7.28. The number of fused-ring (bicyclic) bond motifs is 1. The molecule has 0 radical (unpaired) electrons. The smallest absolute Gasteiger partial charge is 0.322 e. The number of ether oxygens (including phenoxy) is 1. The van der Waals surface area contributed by atoms with E-state index in [1.165, 1.54) is 18.2 Å². The lowest BCUT2D eigenvalue weighted by Gasteiger charge is -2.30. The molecule has 4 rings (SSSR count). The molecule has 0 aromatic heterocycles. The summed E-state index contributed by atoms with van der Waals surface area (Å²) in [5, 5.41) is 3.30. The Morgan fingerprint density at radius 3 is 2.27 bits per heavy atom. The van der Waals surface area contributed by atoms with Crippen LogP contribution in [0.15, 0.2) is 78.9 Å². The van der Waals surface area contributed by atoms with Gasteiger partial charge in [0.15, 0.2) is 5.92 Å². The summed E-state index contributed by atoms with van der Waals surface area (Å²) in [4.78, 5) is 56.5. The molecule has 0 fully saturated rings. The van der Waals surface area contributed by atoms with Gasteiger partial charge in [-0.1, -0.05) is 54.6 Å². The maximum atomic E-state index is 13.1. The zero-order valence-corrected chi connectivity index (χ0v) is 17.7. The van der Waals surface area contributed by atoms with Crippen LogP contribution in [0.3, 0.4) is 0 Å². The fourth-order valence-corrected chi connectivity index (χ4v) is 3.50. The molecule has 1 aliphatic heterocycles. The van der Waals surface area contributed by atoms with Gasteiger partial charge in [0.05, 0.1) is 7.11 Å². The zero-order chi connectivity index (χ0) is 23.4. The maximum Gasteiger partial charge on any atom is 0.322 e. The van der Waals surface area contributed by atoms with Crippen LogP contribution in [0.1, 0.15) is 37.8 Å². The fourth-order valence-electron chi connectivity index (χ4n) is 3.50. The minimum Gasteiger partial charge on any atom is -0.468 e. The summed E-state index contributed by atoms with van der Waals surface area (Å²) in [6.07, 6.45) is 0. The van der Waals surface area contributed by atoms with Crippen molar-refractivity contribution in [2.24, 2.45) is 0 Å². The topological polar surface area (TPSA) is 102 Å². The van der Waals surface area contributed by atoms with E-state index in [4.69, 9.17) is 9.57 Å². The molecule has 3 aromatic carbocycles. The summed E-state index contributed by atoms with van der Waals surface area (Å²) >= 11 is 0. The van der Waals surface area contributed by atoms with Crippen LogP contribution in [0.2, 0.25) is 0 Å². The molecule has 8 heteroatoms. The molecule has 0 aliphatic carbocycles. The highest BCUT2D eigenvalue weighted by atomic mass is 16.7. The number of carbonyl (C=O) groups excluding carboxylic acids is 4. The molecule has 166 valence electrons. The van der Waals surface area contributed by atoms with Crippen molar-refractivity contribution in [3.05, 3.63) is 101 Å². The van der Waals surface area contributed by atoms with E-state index in [0.717, 1.165) is 12.7 Å². The van der Waals surface area contributed by atoms with Gasteiger partial charge in [0.25, 0.3) is 17.7 Å². The first-order chi connectivity index (χ1) is 16.0. The monoisotopic (exact) mass is 444 g/mol. The highest BCUT2D eigenvalue weighted by molar-refractivity contribution is 6.17. The molecule has 0 saturated carbocycles. The van der Waals surface area contributed by atoms with Gasteiger partial charge in [-0.15, -0.1) is 5.06 Å². The van der Waals surface area contributed by atoms with Gasteiger partial charge in [0.2, 0.25) is 0 Å². The Kier molecular flexibility index (Phi) is 6.28. The van der Waals surface area contributed by atoms with E-state index in [1.807, 2.05) is 6.07 Å². The van der Waals surface area contributed by atoms with Crippen molar-refractivity contribution in [2.75, 3.05) is 12.4 Å². The second kappa shape index (κ2) is 9.46. The number of nitrogens with zero attached hydrogens (tertiary/aromatic N) is 1. The van der Waals surface area contributed by atoms with Crippen LogP contribution in [0.25, 0.3) is 0 Å². The van der Waals surface area contributed by atoms with E-state index in [-0.39, 0.29) is 23.6 Å². The lowest BCUT2D eigenvalue weighted by atomic mass is 9.89. The van der Waals surface area contributed by atoms with Gasteiger partial charge in [-0.05, 0) is 35.4 Å². The average molecular weight is 444 g/mol. The summed E-state index contributed by atoms with van der Waals surface area (Å²) in [6, 6.07) is 22.0. The second-order valence-corrected chi connectivity index (χ2v) is 7.28. The van der Waals surface area contributed by atoms with Crippen molar-refractivity contribution in [1.29, 1.82) is 0 Å².